The third-order valence-electron chi connectivity index (χ3n) is 5.00. The van der Waals surface area contributed by atoms with Crippen LogP contribution < -0.4 is 0 Å². The first-order valence-corrected chi connectivity index (χ1v) is 8.33. The summed E-state index contributed by atoms with van der Waals surface area (Å²) in [5.74, 6) is 1.13. The van der Waals surface area contributed by atoms with Gasteiger partial charge in [-0.3, -0.25) is 0 Å². The Morgan fingerprint density at radius 1 is 1.10 bits per heavy atom. The molecule has 3 nitrogen and oxygen atoms in total. The highest BCUT2D eigenvalue weighted by Crippen LogP contribution is 2.24. The average Bonchev–Trinajstić information content (AvgIpc) is 2.52. The van der Waals surface area contributed by atoms with E-state index < -0.39 is 0 Å². The van der Waals surface area contributed by atoms with Crippen molar-refractivity contribution >= 4 is 0 Å². The van der Waals surface area contributed by atoms with Crippen molar-refractivity contribution < 1.29 is 9.84 Å². The summed E-state index contributed by atoms with van der Waals surface area (Å²) in [7, 11) is 0. The fourth-order valence-corrected chi connectivity index (χ4v) is 3.61. The normalized spacial score (nSPS) is 28.6. The predicted molar refractivity (Wildman–Crippen MR) is 84.2 cm³/mol. The highest BCUT2D eigenvalue weighted by Gasteiger charge is 2.27. The Morgan fingerprint density at radius 3 is 2.57 bits per heavy atom. The van der Waals surface area contributed by atoms with Gasteiger partial charge >= 0.3 is 0 Å². The molecule has 0 amide bonds. The van der Waals surface area contributed by atoms with Crippen molar-refractivity contribution in [2.45, 2.75) is 31.8 Å². The van der Waals surface area contributed by atoms with Gasteiger partial charge in [0.1, 0.15) is 0 Å². The Bertz CT molecular complexity index is 414. The minimum atomic E-state index is -0.166. The summed E-state index contributed by atoms with van der Waals surface area (Å²) in [6.45, 7) is 4.78. The van der Waals surface area contributed by atoms with E-state index in [9.17, 15) is 5.11 Å². The number of rotatable bonds is 4. The molecule has 3 heteroatoms. The molecular weight excluding hydrogens is 262 g/mol. The van der Waals surface area contributed by atoms with Crippen LogP contribution in [-0.2, 0) is 11.2 Å². The summed E-state index contributed by atoms with van der Waals surface area (Å²) in [5, 5.41) is 10.0. The van der Waals surface area contributed by atoms with E-state index in [-0.39, 0.29) is 6.10 Å². The van der Waals surface area contributed by atoms with Crippen molar-refractivity contribution in [1.29, 1.82) is 0 Å². The molecule has 2 unspecified atom stereocenters. The van der Waals surface area contributed by atoms with Crippen molar-refractivity contribution in [3.8, 4) is 0 Å². The van der Waals surface area contributed by atoms with Crippen LogP contribution in [0.15, 0.2) is 30.3 Å². The van der Waals surface area contributed by atoms with Gasteiger partial charge in [0.15, 0.2) is 0 Å². The van der Waals surface area contributed by atoms with Crippen LogP contribution in [0.4, 0.5) is 0 Å². The fourth-order valence-electron chi connectivity index (χ4n) is 3.61. The zero-order valence-electron chi connectivity index (χ0n) is 12.8. The molecule has 2 heterocycles. The number of hydrogen-bond donors (Lipinski definition) is 1. The van der Waals surface area contributed by atoms with Crippen LogP contribution >= 0.6 is 0 Å². The summed E-state index contributed by atoms with van der Waals surface area (Å²) in [6.07, 6.45) is 4.40. The van der Waals surface area contributed by atoms with Crippen LogP contribution in [0.5, 0.6) is 0 Å². The maximum atomic E-state index is 10.0. The molecule has 0 saturated carbocycles. The average molecular weight is 289 g/mol. The van der Waals surface area contributed by atoms with Crippen LogP contribution in [0.25, 0.3) is 0 Å². The van der Waals surface area contributed by atoms with Gasteiger partial charge in [0.05, 0.1) is 12.7 Å². The number of ether oxygens (including phenoxy) is 1. The molecule has 116 valence electrons. The van der Waals surface area contributed by atoms with Crippen LogP contribution in [0.1, 0.15) is 24.8 Å². The molecule has 2 aliphatic heterocycles. The summed E-state index contributed by atoms with van der Waals surface area (Å²) < 4.78 is 5.51. The van der Waals surface area contributed by atoms with Crippen molar-refractivity contribution in [1.82, 2.24) is 4.90 Å². The van der Waals surface area contributed by atoms with Gasteiger partial charge < -0.3 is 14.7 Å². The van der Waals surface area contributed by atoms with Gasteiger partial charge in [-0.15, -0.1) is 0 Å². The number of aliphatic hydroxyl groups excluding tert-OH is 1. The van der Waals surface area contributed by atoms with E-state index in [0.29, 0.717) is 5.92 Å². The van der Waals surface area contributed by atoms with E-state index in [0.717, 1.165) is 32.1 Å². The van der Waals surface area contributed by atoms with E-state index in [1.807, 2.05) is 0 Å². The summed E-state index contributed by atoms with van der Waals surface area (Å²) in [4.78, 5) is 2.52. The van der Waals surface area contributed by atoms with E-state index in [4.69, 9.17) is 4.74 Å². The number of aliphatic hydroxyl groups is 1. The van der Waals surface area contributed by atoms with Crippen LogP contribution in [0.3, 0.4) is 0 Å². The lowest BCUT2D eigenvalue weighted by Gasteiger charge is -2.37. The smallest absolute Gasteiger partial charge is 0.0624 e. The van der Waals surface area contributed by atoms with E-state index in [2.05, 4.69) is 35.2 Å². The number of benzene rings is 1. The second kappa shape index (κ2) is 7.39. The van der Waals surface area contributed by atoms with Gasteiger partial charge in [0.2, 0.25) is 0 Å². The van der Waals surface area contributed by atoms with Gasteiger partial charge in [0, 0.05) is 19.1 Å². The number of likely N-dealkylation sites (tertiary alicyclic amines) is 1. The number of hydrogen-bond acceptors (Lipinski definition) is 3. The van der Waals surface area contributed by atoms with Crippen LogP contribution in [0.2, 0.25) is 0 Å². The topological polar surface area (TPSA) is 32.7 Å². The second-order valence-electron chi connectivity index (χ2n) is 6.62. The Kier molecular flexibility index (Phi) is 5.28. The molecule has 3 rings (SSSR count). The molecule has 0 spiro atoms. The molecule has 2 saturated heterocycles. The third kappa shape index (κ3) is 4.29. The minimum Gasteiger partial charge on any atom is -0.393 e. The fraction of sp³-hybridized carbons (Fsp3) is 0.667. The van der Waals surface area contributed by atoms with Crippen molar-refractivity contribution in [2.24, 2.45) is 11.8 Å². The molecule has 1 aromatic carbocycles. The lowest BCUT2D eigenvalue weighted by atomic mass is 9.89. The van der Waals surface area contributed by atoms with Gasteiger partial charge in [-0.2, -0.15) is 0 Å². The van der Waals surface area contributed by atoms with Gasteiger partial charge in [-0.25, -0.2) is 0 Å². The monoisotopic (exact) mass is 289 g/mol. The number of piperidine rings is 1. The zero-order chi connectivity index (χ0) is 14.5. The maximum Gasteiger partial charge on any atom is 0.0624 e. The Hall–Kier alpha value is -0.900. The lowest BCUT2D eigenvalue weighted by molar-refractivity contribution is -0.0491. The maximum absolute atomic E-state index is 10.0. The first-order chi connectivity index (χ1) is 10.3. The molecule has 0 aliphatic carbocycles. The standard InChI is InChI=1S/C18H27NO2/c20-18-8-11-21-14-17(18)13-19-9-6-16(7-10-19)12-15-4-2-1-3-5-15/h1-5,16-18,20H,6-14H2. The molecular formula is C18H27NO2. The molecule has 2 fully saturated rings. The third-order valence-corrected chi connectivity index (χ3v) is 5.00. The van der Waals surface area contributed by atoms with Gasteiger partial charge in [0.25, 0.3) is 0 Å². The second-order valence-corrected chi connectivity index (χ2v) is 6.62. The van der Waals surface area contributed by atoms with Crippen LogP contribution in [0, 0.1) is 11.8 Å². The van der Waals surface area contributed by atoms with Crippen LogP contribution in [-0.4, -0.2) is 49.0 Å². The summed E-state index contributed by atoms with van der Waals surface area (Å²) in [5.41, 5.74) is 1.46. The highest BCUT2D eigenvalue weighted by molar-refractivity contribution is 5.15. The lowest BCUT2D eigenvalue weighted by Crippen LogP contribution is -2.44. The minimum absolute atomic E-state index is 0.166. The summed E-state index contributed by atoms with van der Waals surface area (Å²) in [6, 6.07) is 10.8. The Morgan fingerprint density at radius 2 is 1.86 bits per heavy atom. The molecule has 1 aromatic rings. The predicted octanol–water partition coefficient (Wildman–Crippen LogP) is 2.34. The highest BCUT2D eigenvalue weighted by atomic mass is 16.5. The largest absolute Gasteiger partial charge is 0.393 e. The molecule has 2 atom stereocenters. The number of nitrogens with zero attached hydrogens (tertiary/aromatic N) is 1. The first-order valence-electron chi connectivity index (χ1n) is 8.33. The molecule has 1 N–H and O–H groups in total. The molecule has 2 aliphatic rings. The molecule has 21 heavy (non-hydrogen) atoms. The SMILES string of the molecule is OC1CCOCC1CN1CCC(Cc2ccccc2)CC1. The molecule has 0 radical (unpaired) electrons. The quantitative estimate of drug-likeness (QED) is 0.923. The van der Waals surface area contributed by atoms with Crippen molar-refractivity contribution in [3.05, 3.63) is 35.9 Å². The van der Waals surface area contributed by atoms with E-state index in [1.165, 1.54) is 37.9 Å². The Labute approximate surface area is 127 Å². The summed E-state index contributed by atoms with van der Waals surface area (Å²) >= 11 is 0. The van der Waals surface area contributed by atoms with E-state index >= 15 is 0 Å². The Balaban J connectivity index is 1.42. The zero-order valence-corrected chi connectivity index (χ0v) is 12.8. The van der Waals surface area contributed by atoms with Gasteiger partial charge in [-0.05, 0) is 50.3 Å². The van der Waals surface area contributed by atoms with E-state index in [1.54, 1.807) is 0 Å². The van der Waals surface area contributed by atoms with Crippen molar-refractivity contribution in [3.63, 3.8) is 0 Å². The van der Waals surface area contributed by atoms with Crippen molar-refractivity contribution in [2.75, 3.05) is 32.8 Å². The molecule has 0 bridgehead atoms. The first kappa shape index (κ1) is 15.0. The molecule has 0 aromatic heterocycles. The van der Waals surface area contributed by atoms with Gasteiger partial charge in [-0.1, -0.05) is 30.3 Å².